The molecular weight excluding hydrogens is 323 g/mol. The van der Waals surface area contributed by atoms with Crippen molar-refractivity contribution in [2.45, 2.75) is 25.8 Å². The zero-order chi connectivity index (χ0) is 14.1. The number of aromatic nitrogens is 1. The van der Waals surface area contributed by atoms with Gasteiger partial charge in [-0.15, -0.1) is 0 Å². The first kappa shape index (κ1) is 13.5. The zero-order valence-corrected chi connectivity index (χ0v) is 12.4. The first-order valence-electron chi connectivity index (χ1n) is 6.52. The summed E-state index contributed by atoms with van der Waals surface area (Å²) in [5.74, 6) is 0.146. The van der Waals surface area contributed by atoms with Crippen LogP contribution in [0.25, 0.3) is 0 Å². The van der Waals surface area contributed by atoms with E-state index in [1.807, 2.05) is 6.07 Å². The van der Waals surface area contributed by atoms with E-state index in [1.54, 1.807) is 12.1 Å². The minimum atomic E-state index is -0.426. The molecule has 3 nitrogen and oxygen atoms in total. The molecule has 0 unspecified atom stereocenters. The molecule has 5 heteroatoms. The Kier molecular flexibility index (Phi) is 3.72. The zero-order valence-electron chi connectivity index (χ0n) is 10.8. The van der Waals surface area contributed by atoms with Gasteiger partial charge in [-0.1, -0.05) is 15.9 Å². The summed E-state index contributed by atoms with van der Waals surface area (Å²) in [4.78, 5) is 4.50. The van der Waals surface area contributed by atoms with Crippen molar-refractivity contribution >= 4 is 15.9 Å². The summed E-state index contributed by atoms with van der Waals surface area (Å²) in [6.07, 6.45) is 3.07. The van der Waals surface area contributed by atoms with Crippen LogP contribution in [-0.2, 0) is 19.4 Å². The molecular formula is C15H14BrFN2O. The van der Waals surface area contributed by atoms with Crippen LogP contribution in [0.3, 0.4) is 0 Å². The molecule has 20 heavy (non-hydrogen) atoms. The van der Waals surface area contributed by atoms with Crippen molar-refractivity contribution in [1.82, 2.24) is 4.98 Å². The van der Waals surface area contributed by atoms with Gasteiger partial charge in [0, 0.05) is 22.3 Å². The van der Waals surface area contributed by atoms with Crippen LogP contribution in [0.2, 0.25) is 0 Å². The van der Waals surface area contributed by atoms with Crippen molar-refractivity contribution in [3.63, 3.8) is 0 Å². The van der Waals surface area contributed by atoms with Gasteiger partial charge in [0.2, 0.25) is 5.88 Å². The quantitative estimate of drug-likeness (QED) is 0.929. The molecule has 0 fully saturated rings. The number of rotatable bonds is 3. The maximum atomic E-state index is 13.8. The number of aryl methyl sites for hydroxylation is 2. The number of nitrogens with two attached hydrogens (primary N) is 1. The molecule has 0 aliphatic heterocycles. The van der Waals surface area contributed by atoms with E-state index < -0.39 is 5.82 Å². The van der Waals surface area contributed by atoms with Crippen LogP contribution >= 0.6 is 15.9 Å². The molecule has 104 valence electrons. The number of fused-ring (bicyclic) bond motifs is 1. The second-order valence-corrected chi connectivity index (χ2v) is 5.71. The van der Waals surface area contributed by atoms with Crippen LogP contribution in [0.4, 0.5) is 4.39 Å². The Bertz CT molecular complexity index is 661. The van der Waals surface area contributed by atoms with Gasteiger partial charge in [0.1, 0.15) is 0 Å². The summed E-state index contributed by atoms with van der Waals surface area (Å²) in [6, 6.07) is 6.70. The monoisotopic (exact) mass is 336 g/mol. The summed E-state index contributed by atoms with van der Waals surface area (Å²) >= 11 is 3.22. The Morgan fingerprint density at radius 1 is 1.30 bits per heavy atom. The Labute approximate surface area is 125 Å². The maximum Gasteiger partial charge on any atom is 0.224 e. The first-order chi connectivity index (χ1) is 9.67. The molecule has 0 saturated carbocycles. The highest BCUT2D eigenvalue weighted by Gasteiger charge is 2.18. The van der Waals surface area contributed by atoms with Gasteiger partial charge in [0.05, 0.1) is 0 Å². The van der Waals surface area contributed by atoms with E-state index >= 15 is 0 Å². The lowest BCUT2D eigenvalue weighted by molar-refractivity contribution is 0.421. The fourth-order valence-corrected chi connectivity index (χ4v) is 2.73. The summed E-state index contributed by atoms with van der Waals surface area (Å²) < 4.78 is 20.1. The lowest BCUT2D eigenvalue weighted by Gasteiger charge is -2.12. The molecule has 1 aliphatic rings. The van der Waals surface area contributed by atoms with Crippen LogP contribution in [-0.4, -0.2) is 4.98 Å². The fourth-order valence-electron chi connectivity index (χ4n) is 2.40. The summed E-state index contributed by atoms with van der Waals surface area (Å²) in [5, 5.41) is 0. The molecule has 1 aliphatic carbocycles. The SMILES string of the molecule is NCc1cc2c(nc1Oc1ccc(Br)cc1F)CCC2. The van der Waals surface area contributed by atoms with Crippen LogP contribution in [0, 0.1) is 5.82 Å². The maximum absolute atomic E-state index is 13.8. The first-order valence-corrected chi connectivity index (χ1v) is 7.31. The van der Waals surface area contributed by atoms with Crippen molar-refractivity contribution in [1.29, 1.82) is 0 Å². The predicted octanol–water partition coefficient (Wildman–Crippen LogP) is 3.72. The Balaban J connectivity index is 1.97. The molecule has 0 bridgehead atoms. The van der Waals surface area contributed by atoms with Crippen molar-refractivity contribution in [3.05, 3.63) is 51.4 Å². The Morgan fingerprint density at radius 3 is 2.90 bits per heavy atom. The van der Waals surface area contributed by atoms with Gasteiger partial charge in [-0.2, -0.15) is 0 Å². The van der Waals surface area contributed by atoms with Gasteiger partial charge in [-0.05, 0) is 49.1 Å². The van der Waals surface area contributed by atoms with Gasteiger partial charge < -0.3 is 10.5 Å². The van der Waals surface area contributed by atoms with Gasteiger partial charge in [-0.3, -0.25) is 0 Å². The number of ether oxygens (including phenoxy) is 1. The Hall–Kier alpha value is -1.46. The standard InChI is InChI=1S/C15H14BrFN2O/c16-11-4-5-14(12(17)7-11)20-15-10(8-18)6-9-2-1-3-13(9)19-15/h4-7H,1-3,8,18H2. The molecule has 2 N–H and O–H groups in total. The number of halogens is 2. The molecule has 0 radical (unpaired) electrons. The minimum absolute atomic E-state index is 0.161. The predicted molar refractivity (Wildman–Crippen MR) is 78.3 cm³/mol. The third-order valence-electron chi connectivity index (χ3n) is 3.41. The minimum Gasteiger partial charge on any atom is -0.436 e. The average molecular weight is 337 g/mol. The van der Waals surface area contributed by atoms with E-state index in [0.717, 1.165) is 30.5 Å². The third-order valence-corrected chi connectivity index (χ3v) is 3.90. The van der Waals surface area contributed by atoms with Crippen molar-refractivity contribution in [2.75, 3.05) is 0 Å². The third kappa shape index (κ3) is 2.55. The highest BCUT2D eigenvalue weighted by Crippen LogP contribution is 2.31. The highest BCUT2D eigenvalue weighted by molar-refractivity contribution is 9.10. The van der Waals surface area contributed by atoms with Gasteiger partial charge in [-0.25, -0.2) is 9.37 Å². The van der Waals surface area contributed by atoms with E-state index in [4.69, 9.17) is 10.5 Å². The molecule has 2 aromatic rings. The topological polar surface area (TPSA) is 48.1 Å². The number of hydrogen-bond acceptors (Lipinski definition) is 3. The second kappa shape index (κ2) is 5.50. The number of hydrogen-bond donors (Lipinski definition) is 1. The number of benzene rings is 1. The lowest BCUT2D eigenvalue weighted by Crippen LogP contribution is -2.04. The van der Waals surface area contributed by atoms with E-state index in [9.17, 15) is 4.39 Å². The lowest BCUT2D eigenvalue weighted by atomic mass is 10.1. The van der Waals surface area contributed by atoms with E-state index in [2.05, 4.69) is 20.9 Å². The molecule has 3 rings (SSSR count). The number of pyridine rings is 1. The largest absolute Gasteiger partial charge is 0.436 e. The smallest absolute Gasteiger partial charge is 0.224 e. The second-order valence-electron chi connectivity index (χ2n) is 4.79. The molecule has 1 aromatic carbocycles. The van der Waals surface area contributed by atoms with Crippen LogP contribution in [0.5, 0.6) is 11.6 Å². The molecule has 0 spiro atoms. The van der Waals surface area contributed by atoms with Crippen LogP contribution < -0.4 is 10.5 Å². The molecule has 1 heterocycles. The molecule has 0 saturated heterocycles. The summed E-state index contributed by atoms with van der Waals surface area (Å²) in [7, 11) is 0. The Morgan fingerprint density at radius 2 is 2.15 bits per heavy atom. The van der Waals surface area contributed by atoms with Crippen molar-refractivity contribution in [3.8, 4) is 11.6 Å². The van der Waals surface area contributed by atoms with Crippen molar-refractivity contribution < 1.29 is 9.13 Å². The molecule has 1 aromatic heterocycles. The normalized spacial score (nSPS) is 13.3. The van der Waals surface area contributed by atoms with E-state index in [1.165, 1.54) is 11.6 Å². The molecule has 0 amide bonds. The van der Waals surface area contributed by atoms with Gasteiger partial charge in [0.15, 0.2) is 11.6 Å². The van der Waals surface area contributed by atoms with Gasteiger partial charge >= 0.3 is 0 Å². The summed E-state index contributed by atoms with van der Waals surface area (Å²) in [6.45, 7) is 0.327. The van der Waals surface area contributed by atoms with Crippen LogP contribution in [0.1, 0.15) is 23.2 Å². The van der Waals surface area contributed by atoms with E-state index in [-0.39, 0.29) is 5.75 Å². The molecule has 0 atom stereocenters. The van der Waals surface area contributed by atoms with E-state index in [0.29, 0.717) is 16.9 Å². The fraction of sp³-hybridized carbons (Fsp3) is 0.267. The van der Waals surface area contributed by atoms with Crippen LogP contribution in [0.15, 0.2) is 28.7 Å². The average Bonchev–Trinajstić information content (AvgIpc) is 2.88. The van der Waals surface area contributed by atoms with Gasteiger partial charge in [0.25, 0.3) is 0 Å². The summed E-state index contributed by atoms with van der Waals surface area (Å²) in [5.41, 5.74) is 8.82. The number of nitrogens with zero attached hydrogens (tertiary/aromatic N) is 1. The van der Waals surface area contributed by atoms with Crippen molar-refractivity contribution in [2.24, 2.45) is 5.73 Å². The highest BCUT2D eigenvalue weighted by atomic mass is 79.9.